The van der Waals surface area contributed by atoms with Crippen molar-refractivity contribution in [3.05, 3.63) is 69.7 Å². The quantitative estimate of drug-likeness (QED) is 0.441. The molecule has 7 heteroatoms. The third-order valence-corrected chi connectivity index (χ3v) is 3.82. The number of hydrazone groups is 1. The van der Waals surface area contributed by atoms with Crippen LogP contribution in [0.25, 0.3) is 0 Å². The van der Waals surface area contributed by atoms with Crippen molar-refractivity contribution in [2.24, 2.45) is 5.10 Å². The molecule has 2 aromatic carbocycles. The second kappa shape index (κ2) is 9.81. The van der Waals surface area contributed by atoms with E-state index in [2.05, 4.69) is 15.8 Å². The number of rotatable bonds is 7. The Bertz CT molecular complexity index is 764. The van der Waals surface area contributed by atoms with Gasteiger partial charge < -0.3 is 5.32 Å². The first-order valence-electron chi connectivity index (χ1n) is 7.62. The monoisotopic (exact) mass is 377 g/mol. The largest absolute Gasteiger partial charge is 0.355 e. The van der Waals surface area contributed by atoms with Crippen LogP contribution in [0.1, 0.15) is 17.5 Å². The van der Waals surface area contributed by atoms with Crippen LogP contribution in [-0.4, -0.2) is 24.6 Å². The van der Waals surface area contributed by atoms with Crippen LogP contribution >= 0.6 is 23.2 Å². The molecule has 2 amide bonds. The van der Waals surface area contributed by atoms with Gasteiger partial charge in [0.15, 0.2) is 0 Å². The Morgan fingerprint density at radius 1 is 1.04 bits per heavy atom. The number of carbonyl (C=O) groups is 2. The van der Waals surface area contributed by atoms with Gasteiger partial charge in [0, 0.05) is 17.1 Å². The molecule has 0 bridgehead atoms. The van der Waals surface area contributed by atoms with Crippen molar-refractivity contribution >= 4 is 41.2 Å². The molecule has 130 valence electrons. The van der Waals surface area contributed by atoms with Gasteiger partial charge in [-0.3, -0.25) is 9.59 Å². The van der Waals surface area contributed by atoms with Gasteiger partial charge in [0.05, 0.1) is 11.2 Å². The molecule has 0 aromatic heterocycles. The Labute approximate surface area is 156 Å². The van der Waals surface area contributed by atoms with Crippen LogP contribution in [0.4, 0.5) is 0 Å². The summed E-state index contributed by atoms with van der Waals surface area (Å²) in [4.78, 5) is 23.4. The summed E-state index contributed by atoms with van der Waals surface area (Å²) >= 11 is 11.8. The summed E-state index contributed by atoms with van der Waals surface area (Å²) in [5.41, 5.74) is 4.02. The molecule has 0 saturated heterocycles. The van der Waals surface area contributed by atoms with Gasteiger partial charge >= 0.3 is 0 Å². The first kappa shape index (κ1) is 19.0. The fourth-order valence-electron chi connectivity index (χ4n) is 2.02. The third kappa shape index (κ3) is 6.95. The number of nitrogens with zero attached hydrogens (tertiary/aromatic N) is 1. The summed E-state index contributed by atoms with van der Waals surface area (Å²) in [6, 6.07) is 14.7. The van der Waals surface area contributed by atoms with Crippen LogP contribution in [0.2, 0.25) is 10.0 Å². The first-order chi connectivity index (χ1) is 12.0. The van der Waals surface area contributed by atoms with Gasteiger partial charge in [-0.2, -0.15) is 5.10 Å². The van der Waals surface area contributed by atoms with Gasteiger partial charge in [0.1, 0.15) is 6.42 Å². The highest BCUT2D eigenvalue weighted by Gasteiger charge is 2.08. The molecule has 0 heterocycles. The fraction of sp³-hybridized carbons (Fsp3) is 0.167. The van der Waals surface area contributed by atoms with E-state index in [1.54, 1.807) is 18.2 Å². The zero-order valence-corrected chi connectivity index (χ0v) is 14.8. The maximum Gasteiger partial charge on any atom is 0.249 e. The summed E-state index contributed by atoms with van der Waals surface area (Å²) in [5.74, 6) is -0.855. The average molecular weight is 378 g/mol. The molecule has 0 aliphatic rings. The van der Waals surface area contributed by atoms with Crippen molar-refractivity contribution in [3.63, 3.8) is 0 Å². The van der Waals surface area contributed by atoms with Crippen LogP contribution in [-0.2, 0) is 16.0 Å². The number of carbonyl (C=O) groups excluding carboxylic acids is 2. The minimum atomic E-state index is -0.501. The molecule has 0 saturated carbocycles. The van der Waals surface area contributed by atoms with Gasteiger partial charge in [-0.15, -0.1) is 0 Å². The number of hydrogen-bond donors (Lipinski definition) is 2. The van der Waals surface area contributed by atoms with Crippen molar-refractivity contribution in [1.29, 1.82) is 0 Å². The number of nitrogens with one attached hydrogen (secondary N) is 2. The Hall–Kier alpha value is -2.37. The molecule has 0 unspecified atom stereocenters. The van der Waals surface area contributed by atoms with E-state index in [4.69, 9.17) is 23.2 Å². The van der Waals surface area contributed by atoms with Crippen molar-refractivity contribution in [2.45, 2.75) is 12.8 Å². The van der Waals surface area contributed by atoms with Gasteiger partial charge in [-0.05, 0) is 24.1 Å². The molecule has 0 atom stereocenters. The molecule has 2 aromatic rings. The summed E-state index contributed by atoms with van der Waals surface area (Å²) < 4.78 is 0. The normalized spacial score (nSPS) is 10.6. The zero-order chi connectivity index (χ0) is 18.1. The molecule has 0 radical (unpaired) electrons. The van der Waals surface area contributed by atoms with Crippen molar-refractivity contribution < 1.29 is 9.59 Å². The third-order valence-electron chi connectivity index (χ3n) is 3.26. The highest BCUT2D eigenvalue weighted by molar-refractivity contribution is 6.36. The number of benzene rings is 2. The minimum absolute atomic E-state index is 0.291. The van der Waals surface area contributed by atoms with Gasteiger partial charge in [-0.25, -0.2) is 5.43 Å². The Kier molecular flexibility index (Phi) is 7.44. The summed E-state index contributed by atoms with van der Waals surface area (Å²) in [6.07, 6.45) is 1.81. The van der Waals surface area contributed by atoms with E-state index in [1.165, 1.54) is 6.21 Å². The van der Waals surface area contributed by atoms with Crippen molar-refractivity contribution in [2.75, 3.05) is 6.54 Å². The standard InChI is InChI=1S/C18H17Cl2N3O2/c19-15-7-6-14(16(20)10-15)12-22-23-18(25)11-17(24)21-9-8-13-4-2-1-3-5-13/h1-7,10,12H,8-9,11H2,(H,21,24)(H,23,25)/b22-12-. The first-order valence-corrected chi connectivity index (χ1v) is 8.38. The van der Waals surface area contributed by atoms with Gasteiger partial charge in [0.25, 0.3) is 0 Å². The van der Waals surface area contributed by atoms with E-state index < -0.39 is 5.91 Å². The maximum absolute atomic E-state index is 11.7. The van der Waals surface area contributed by atoms with Crippen LogP contribution in [0.3, 0.4) is 0 Å². The van der Waals surface area contributed by atoms with Crippen LogP contribution in [0.5, 0.6) is 0 Å². The molecule has 0 aliphatic carbocycles. The second-order valence-corrected chi connectivity index (χ2v) is 6.06. The Morgan fingerprint density at radius 2 is 1.80 bits per heavy atom. The minimum Gasteiger partial charge on any atom is -0.355 e. The SMILES string of the molecule is O=C(CC(=O)N/N=C\c1ccc(Cl)cc1Cl)NCCc1ccccc1. The second-order valence-electron chi connectivity index (χ2n) is 5.22. The molecule has 2 rings (SSSR count). The van der Waals surface area contributed by atoms with E-state index in [0.717, 1.165) is 5.56 Å². The predicted octanol–water partition coefficient (Wildman–Crippen LogP) is 3.19. The number of halogens is 2. The lowest BCUT2D eigenvalue weighted by atomic mass is 10.1. The molecule has 25 heavy (non-hydrogen) atoms. The maximum atomic E-state index is 11.7. The lowest BCUT2D eigenvalue weighted by Gasteiger charge is -2.05. The summed E-state index contributed by atoms with van der Waals surface area (Å²) in [5, 5.41) is 7.41. The zero-order valence-electron chi connectivity index (χ0n) is 13.3. The molecule has 0 spiro atoms. The van der Waals surface area contributed by atoms with Crippen LogP contribution in [0.15, 0.2) is 53.6 Å². The molecule has 0 fully saturated rings. The fourth-order valence-corrected chi connectivity index (χ4v) is 2.48. The number of hydrogen-bond acceptors (Lipinski definition) is 3. The summed E-state index contributed by atoms with van der Waals surface area (Å²) in [7, 11) is 0. The van der Waals surface area contributed by atoms with Crippen molar-refractivity contribution in [1.82, 2.24) is 10.7 Å². The smallest absolute Gasteiger partial charge is 0.249 e. The van der Waals surface area contributed by atoms with Gasteiger partial charge in [0.2, 0.25) is 11.8 Å². The van der Waals surface area contributed by atoms with Crippen LogP contribution < -0.4 is 10.7 Å². The molecule has 5 nitrogen and oxygen atoms in total. The predicted molar refractivity (Wildman–Crippen MR) is 100.0 cm³/mol. The van der Waals surface area contributed by atoms with E-state index in [-0.39, 0.29) is 12.3 Å². The topological polar surface area (TPSA) is 70.6 Å². The molecular weight excluding hydrogens is 361 g/mol. The average Bonchev–Trinajstić information content (AvgIpc) is 2.58. The highest BCUT2D eigenvalue weighted by Crippen LogP contribution is 2.19. The Balaban J connectivity index is 1.70. The molecule has 0 aliphatic heterocycles. The molecule has 2 N–H and O–H groups in total. The lowest BCUT2D eigenvalue weighted by molar-refractivity contribution is -0.129. The number of amides is 2. The van der Waals surface area contributed by atoms with Crippen LogP contribution in [0, 0.1) is 0 Å². The van der Waals surface area contributed by atoms with Crippen molar-refractivity contribution in [3.8, 4) is 0 Å². The van der Waals surface area contributed by atoms with E-state index in [9.17, 15) is 9.59 Å². The van der Waals surface area contributed by atoms with Gasteiger partial charge in [-0.1, -0.05) is 59.6 Å². The van der Waals surface area contributed by atoms with E-state index in [1.807, 2.05) is 30.3 Å². The van der Waals surface area contributed by atoms with E-state index in [0.29, 0.717) is 28.6 Å². The van der Waals surface area contributed by atoms with E-state index >= 15 is 0 Å². The highest BCUT2D eigenvalue weighted by atomic mass is 35.5. The Morgan fingerprint density at radius 3 is 2.52 bits per heavy atom. The summed E-state index contributed by atoms with van der Waals surface area (Å²) in [6.45, 7) is 0.472. The molecular formula is C18H17Cl2N3O2. The lowest BCUT2D eigenvalue weighted by Crippen LogP contribution is -2.31.